The maximum Gasteiger partial charge on any atom is 0.326 e. The largest absolute Gasteiger partial charge is 0.456 e. The Hall–Kier alpha value is -4.00. The molecule has 0 radical (unpaired) electrons. The van der Waals surface area contributed by atoms with Gasteiger partial charge in [-0.15, -0.1) is 0 Å². The molecule has 2 aromatic carbocycles. The molecule has 0 aliphatic carbocycles. The fraction of sp³-hybridized carbons (Fsp3) is 0.160. The van der Waals surface area contributed by atoms with E-state index in [4.69, 9.17) is 4.74 Å². The van der Waals surface area contributed by atoms with Crippen molar-refractivity contribution in [2.75, 3.05) is 13.2 Å². The van der Waals surface area contributed by atoms with Crippen LogP contribution in [0.2, 0.25) is 0 Å². The number of carbonyl (C=O) groups is 3. The molecular weight excluding hydrogens is 411 g/mol. The molecule has 0 bridgehead atoms. The van der Waals surface area contributed by atoms with E-state index in [1.165, 1.54) is 11.0 Å². The quantitative estimate of drug-likeness (QED) is 0.435. The average molecular weight is 432 g/mol. The standard InChI is InChI=1S/C25H21FN2O4/c1-15-12-20(17(3)28(15)22-11-7-6-10-21(22)26)23(29)14-32-24(30)13-27-16(2)18-8-4-5-9-19(18)25(27)31/h4-12H,2,13-14H2,1,3H3. The second-order valence-electron chi connectivity index (χ2n) is 7.54. The zero-order valence-corrected chi connectivity index (χ0v) is 17.7. The molecule has 3 aromatic rings. The molecule has 32 heavy (non-hydrogen) atoms. The van der Waals surface area contributed by atoms with Crippen LogP contribution in [0.15, 0.2) is 61.2 Å². The molecule has 0 atom stereocenters. The molecule has 1 aromatic heterocycles. The SMILES string of the molecule is C=C1c2ccccc2C(=O)N1CC(=O)OCC(=O)c1cc(C)n(-c2ccccc2F)c1C. The number of aromatic nitrogens is 1. The first-order chi connectivity index (χ1) is 15.3. The molecular formula is C25H21FN2O4. The van der Waals surface area contributed by atoms with Gasteiger partial charge in [0.25, 0.3) is 5.91 Å². The Bertz CT molecular complexity index is 1240. The summed E-state index contributed by atoms with van der Waals surface area (Å²) in [6, 6.07) is 14.9. The van der Waals surface area contributed by atoms with Gasteiger partial charge >= 0.3 is 5.97 Å². The molecule has 4 rings (SSSR count). The number of para-hydroxylation sites is 1. The van der Waals surface area contributed by atoms with E-state index in [9.17, 15) is 18.8 Å². The third kappa shape index (κ3) is 3.62. The molecule has 0 spiro atoms. The summed E-state index contributed by atoms with van der Waals surface area (Å²) in [7, 11) is 0. The number of nitrogens with zero attached hydrogens (tertiary/aromatic N) is 2. The zero-order chi connectivity index (χ0) is 23.0. The van der Waals surface area contributed by atoms with E-state index < -0.39 is 24.2 Å². The number of Topliss-reactive ketones (excluding diaryl/α,β-unsaturated/α-hetero) is 1. The highest BCUT2D eigenvalue weighted by atomic mass is 19.1. The van der Waals surface area contributed by atoms with Gasteiger partial charge in [-0.25, -0.2) is 4.39 Å². The van der Waals surface area contributed by atoms with E-state index in [-0.39, 0.29) is 12.5 Å². The number of hydrogen-bond donors (Lipinski definition) is 0. The maximum absolute atomic E-state index is 14.2. The average Bonchev–Trinajstić information content (AvgIpc) is 3.21. The van der Waals surface area contributed by atoms with Gasteiger partial charge in [-0.3, -0.25) is 19.3 Å². The zero-order valence-electron chi connectivity index (χ0n) is 17.7. The number of hydrogen-bond acceptors (Lipinski definition) is 4. The van der Waals surface area contributed by atoms with Crippen molar-refractivity contribution in [3.63, 3.8) is 0 Å². The second-order valence-corrected chi connectivity index (χ2v) is 7.54. The van der Waals surface area contributed by atoms with Crippen molar-refractivity contribution in [1.82, 2.24) is 9.47 Å². The molecule has 0 unspecified atom stereocenters. The summed E-state index contributed by atoms with van der Waals surface area (Å²) < 4.78 is 21.0. The van der Waals surface area contributed by atoms with Crippen LogP contribution in [0.5, 0.6) is 0 Å². The van der Waals surface area contributed by atoms with Gasteiger partial charge in [0.05, 0.1) is 5.69 Å². The lowest BCUT2D eigenvalue weighted by Gasteiger charge is -2.16. The summed E-state index contributed by atoms with van der Waals surface area (Å²) in [4.78, 5) is 38.8. The minimum Gasteiger partial charge on any atom is -0.456 e. The predicted octanol–water partition coefficient (Wildman–Crippen LogP) is 4.09. The van der Waals surface area contributed by atoms with Crippen LogP contribution in [-0.2, 0) is 9.53 Å². The van der Waals surface area contributed by atoms with Crippen molar-refractivity contribution < 1.29 is 23.5 Å². The minimum atomic E-state index is -0.719. The molecule has 1 aliphatic heterocycles. The van der Waals surface area contributed by atoms with Crippen LogP contribution >= 0.6 is 0 Å². The summed E-state index contributed by atoms with van der Waals surface area (Å²) in [5, 5.41) is 0. The summed E-state index contributed by atoms with van der Waals surface area (Å²) in [5.74, 6) is -1.87. The number of rotatable bonds is 6. The highest BCUT2D eigenvalue weighted by Gasteiger charge is 2.32. The Labute approximate surface area is 184 Å². The molecule has 0 fully saturated rings. The normalized spacial score (nSPS) is 12.8. The van der Waals surface area contributed by atoms with Crippen molar-refractivity contribution in [3.05, 3.63) is 95.1 Å². The summed E-state index contributed by atoms with van der Waals surface area (Å²) in [5.41, 5.74) is 3.47. The first kappa shape index (κ1) is 21.2. The monoisotopic (exact) mass is 432 g/mol. The number of carbonyl (C=O) groups excluding carboxylic acids is 3. The smallest absolute Gasteiger partial charge is 0.326 e. The molecule has 162 valence electrons. The van der Waals surface area contributed by atoms with Crippen LogP contribution in [0.1, 0.15) is 37.7 Å². The Morgan fingerprint density at radius 1 is 1.03 bits per heavy atom. The third-order valence-corrected chi connectivity index (χ3v) is 5.52. The number of benzene rings is 2. The van der Waals surface area contributed by atoms with E-state index in [0.29, 0.717) is 39.5 Å². The maximum atomic E-state index is 14.2. The van der Waals surface area contributed by atoms with Crippen molar-refractivity contribution in [1.29, 1.82) is 0 Å². The van der Waals surface area contributed by atoms with Crippen LogP contribution < -0.4 is 0 Å². The first-order valence-corrected chi connectivity index (χ1v) is 10.0. The highest BCUT2D eigenvalue weighted by Crippen LogP contribution is 2.30. The molecule has 0 saturated carbocycles. The number of amides is 1. The molecule has 1 amide bonds. The van der Waals surface area contributed by atoms with Crippen LogP contribution in [0.3, 0.4) is 0 Å². The molecule has 1 aliphatic rings. The van der Waals surface area contributed by atoms with Crippen LogP contribution in [-0.4, -0.2) is 40.3 Å². The second kappa shape index (κ2) is 8.26. The van der Waals surface area contributed by atoms with Gasteiger partial charge in [-0.05, 0) is 38.1 Å². The molecule has 0 saturated heterocycles. The Balaban J connectivity index is 1.43. The summed E-state index contributed by atoms with van der Waals surface area (Å²) in [6.07, 6.45) is 0. The molecule has 2 heterocycles. The Morgan fingerprint density at radius 2 is 1.69 bits per heavy atom. The first-order valence-electron chi connectivity index (χ1n) is 10.0. The van der Waals surface area contributed by atoms with Crippen LogP contribution in [0.4, 0.5) is 4.39 Å². The Kier molecular flexibility index (Phi) is 5.48. The van der Waals surface area contributed by atoms with Crippen molar-refractivity contribution in [3.8, 4) is 5.69 Å². The number of ketones is 1. The van der Waals surface area contributed by atoms with Gasteiger partial charge in [0.2, 0.25) is 5.78 Å². The fourth-order valence-corrected chi connectivity index (χ4v) is 3.95. The number of halogens is 1. The number of ether oxygens (including phenoxy) is 1. The van der Waals surface area contributed by atoms with E-state index in [1.807, 2.05) is 0 Å². The van der Waals surface area contributed by atoms with Gasteiger partial charge in [0.1, 0.15) is 12.4 Å². The molecule has 7 heteroatoms. The molecule has 0 N–H and O–H groups in total. The predicted molar refractivity (Wildman–Crippen MR) is 117 cm³/mol. The van der Waals surface area contributed by atoms with Crippen LogP contribution in [0, 0.1) is 19.7 Å². The summed E-state index contributed by atoms with van der Waals surface area (Å²) in [6.45, 7) is 6.53. The van der Waals surface area contributed by atoms with Crippen molar-refractivity contribution in [2.45, 2.75) is 13.8 Å². The van der Waals surface area contributed by atoms with Crippen molar-refractivity contribution >= 4 is 23.4 Å². The summed E-state index contributed by atoms with van der Waals surface area (Å²) >= 11 is 0. The van der Waals surface area contributed by atoms with Crippen molar-refractivity contribution in [2.24, 2.45) is 0 Å². The number of fused-ring (bicyclic) bond motifs is 1. The van der Waals surface area contributed by atoms with Gasteiger partial charge in [0, 0.05) is 33.8 Å². The number of aryl methyl sites for hydroxylation is 1. The lowest BCUT2D eigenvalue weighted by atomic mass is 10.1. The third-order valence-electron chi connectivity index (χ3n) is 5.52. The lowest BCUT2D eigenvalue weighted by molar-refractivity contribution is -0.142. The lowest BCUT2D eigenvalue weighted by Crippen LogP contribution is -2.31. The van der Waals surface area contributed by atoms with Gasteiger partial charge in [-0.2, -0.15) is 0 Å². The van der Waals surface area contributed by atoms with Gasteiger partial charge < -0.3 is 9.30 Å². The minimum absolute atomic E-state index is 0.331. The topological polar surface area (TPSA) is 68.6 Å². The van der Waals surface area contributed by atoms with Gasteiger partial charge in [0.15, 0.2) is 6.61 Å². The van der Waals surface area contributed by atoms with E-state index in [0.717, 1.165) is 0 Å². The fourth-order valence-electron chi connectivity index (χ4n) is 3.95. The van der Waals surface area contributed by atoms with E-state index in [1.54, 1.807) is 66.9 Å². The van der Waals surface area contributed by atoms with Crippen LogP contribution in [0.25, 0.3) is 11.4 Å². The molecule has 6 nitrogen and oxygen atoms in total. The van der Waals surface area contributed by atoms with E-state index in [2.05, 4.69) is 6.58 Å². The van der Waals surface area contributed by atoms with Gasteiger partial charge in [-0.1, -0.05) is 36.9 Å². The number of esters is 1. The Morgan fingerprint density at radius 3 is 2.38 bits per heavy atom. The van der Waals surface area contributed by atoms with E-state index >= 15 is 0 Å². The highest BCUT2D eigenvalue weighted by molar-refractivity contribution is 6.10.